The van der Waals surface area contributed by atoms with Crippen molar-refractivity contribution in [3.63, 3.8) is 0 Å². The van der Waals surface area contributed by atoms with Gasteiger partial charge in [-0.05, 0) is 39.0 Å². The summed E-state index contributed by atoms with van der Waals surface area (Å²) in [7, 11) is 0. The number of hydrogen-bond acceptors (Lipinski definition) is 7. The van der Waals surface area contributed by atoms with Crippen LogP contribution in [0.4, 0.5) is 16.6 Å². The topological polar surface area (TPSA) is 74.2 Å². The van der Waals surface area contributed by atoms with E-state index in [-0.39, 0.29) is 6.09 Å². The summed E-state index contributed by atoms with van der Waals surface area (Å²) in [5.74, 6) is 2.28. The summed E-state index contributed by atoms with van der Waals surface area (Å²) >= 11 is 13.0. The number of carbonyl (C=O) groups is 1. The maximum Gasteiger partial charge on any atom is 0.410 e. The highest BCUT2D eigenvalue weighted by atomic mass is 35.5. The second-order valence-corrected chi connectivity index (χ2v) is 10.2. The first kappa shape index (κ1) is 22.9. The third-order valence-corrected chi connectivity index (χ3v) is 6.50. The first-order valence-electron chi connectivity index (χ1n) is 11.3. The van der Waals surface area contributed by atoms with Crippen molar-refractivity contribution < 1.29 is 9.53 Å². The molecule has 4 heterocycles. The smallest absolute Gasteiger partial charge is 0.410 e. The highest BCUT2D eigenvalue weighted by Gasteiger charge is 2.33. The average Bonchev–Trinajstić information content (AvgIpc) is 3.28. The van der Waals surface area contributed by atoms with Crippen LogP contribution in [-0.2, 0) is 4.74 Å². The highest BCUT2D eigenvalue weighted by molar-refractivity contribution is 6.44. The van der Waals surface area contributed by atoms with Crippen LogP contribution >= 0.6 is 23.2 Å². The third-order valence-electron chi connectivity index (χ3n) is 5.87. The fraction of sp³-hybridized carbons (Fsp3) is 0.417. The number of nitrogens with zero attached hydrogens (tertiary/aromatic N) is 6. The number of halogens is 2. The molecule has 0 unspecified atom stereocenters. The summed E-state index contributed by atoms with van der Waals surface area (Å²) in [6.45, 7) is 9.39. The van der Waals surface area contributed by atoms with E-state index in [1.807, 2.05) is 51.2 Å². The monoisotopic (exact) mass is 500 g/mol. The molecule has 0 N–H and O–H groups in total. The lowest BCUT2D eigenvalue weighted by Gasteiger charge is -2.36. The number of amides is 1. The molecule has 1 amide bonds. The maximum absolute atomic E-state index is 12.4. The zero-order chi connectivity index (χ0) is 24.0. The van der Waals surface area contributed by atoms with E-state index in [1.54, 1.807) is 4.90 Å². The van der Waals surface area contributed by atoms with Crippen molar-refractivity contribution in [3.8, 4) is 0 Å². The molecule has 0 aliphatic carbocycles. The van der Waals surface area contributed by atoms with Crippen molar-refractivity contribution in [2.24, 2.45) is 4.99 Å². The molecule has 0 bridgehead atoms. The Bertz CT molecular complexity index is 1180. The largest absolute Gasteiger partial charge is 0.444 e. The van der Waals surface area contributed by atoms with Crippen LogP contribution in [0.5, 0.6) is 0 Å². The van der Waals surface area contributed by atoms with Crippen LogP contribution in [0.2, 0.25) is 10.0 Å². The Hall–Kier alpha value is -2.84. The van der Waals surface area contributed by atoms with Crippen LogP contribution < -0.4 is 9.80 Å². The number of benzene rings is 1. The normalized spacial score (nSPS) is 17.7. The zero-order valence-corrected chi connectivity index (χ0v) is 20.9. The molecule has 178 valence electrons. The predicted octanol–water partition coefficient (Wildman–Crippen LogP) is 4.61. The summed E-state index contributed by atoms with van der Waals surface area (Å²) < 4.78 is 5.50. The van der Waals surface area contributed by atoms with E-state index in [0.717, 1.165) is 34.9 Å². The Morgan fingerprint density at radius 3 is 2.44 bits per heavy atom. The minimum Gasteiger partial charge on any atom is -0.444 e. The van der Waals surface area contributed by atoms with E-state index in [0.29, 0.717) is 48.7 Å². The van der Waals surface area contributed by atoms with E-state index < -0.39 is 5.60 Å². The van der Waals surface area contributed by atoms with Gasteiger partial charge in [0.25, 0.3) is 0 Å². The molecule has 1 aromatic carbocycles. The van der Waals surface area contributed by atoms with Crippen LogP contribution in [0.15, 0.2) is 29.4 Å². The van der Waals surface area contributed by atoms with Gasteiger partial charge in [-0.3, -0.25) is 4.99 Å². The van der Waals surface area contributed by atoms with Gasteiger partial charge < -0.3 is 19.4 Å². The Balaban J connectivity index is 1.39. The molecule has 0 spiro atoms. The number of fused-ring (bicyclic) bond motifs is 3. The lowest BCUT2D eigenvalue weighted by molar-refractivity contribution is 0.0240. The van der Waals surface area contributed by atoms with Crippen LogP contribution in [0.3, 0.4) is 0 Å². The molecule has 1 saturated heterocycles. The van der Waals surface area contributed by atoms with Crippen molar-refractivity contribution in [1.29, 1.82) is 0 Å². The predicted molar refractivity (Wildman–Crippen MR) is 136 cm³/mol. The van der Waals surface area contributed by atoms with Gasteiger partial charge in [-0.1, -0.05) is 29.3 Å². The van der Waals surface area contributed by atoms with E-state index in [2.05, 4.69) is 14.8 Å². The summed E-state index contributed by atoms with van der Waals surface area (Å²) in [5.41, 5.74) is 2.03. The van der Waals surface area contributed by atoms with Gasteiger partial charge in [0.2, 0.25) is 5.95 Å². The van der Waals surface area contributed by atoms with Crippen LogP contribution in [-0.4, -0.2) is 71.7 Å². The highest BCUT2D eigenvalue weighted by Crippen LogP contribution is 2.40. The molecule has 0 saturated carbocycles. The first-order chi connectivity index (χ1) is 16.2. The van der Waals surface area contributed by atoms with Gasteiger partial charge in [0, 0.05) is 55.6 Å². The number of aromatic nitrogens is 2. The minimum absolute atomic E-state index is 0.285. The molecule has 8 nitrogen and oxygen atoms in total. The second kappa shape index (κ2) is 8.74. The Morgan fingerprint density at radius 1 is 1.06 bits per heavy atom. The van der Waals surface area contributed by atoms with Crippen molar-refractivity contribution >= 4 is 58.5 Å². The number of aliphatic imine (C=N–C) groups is 1. The Labute approximate surface area is 208 Å². The van der Waals surface area contributed by atoms with Gasteiger partial charge in [-0.15, -0.1) is 0 Å². The van der Waals surface area contributed by atoms with Crippen molar-refractivity contribution in [2.45, 2.75) is 26.4 Å². The number of ether oxygens (including phenoxy) is 1. The Morgan fingerprint density at radius 2 is 1.76 bits per heavy atom. The maximum atomic E-state index is 12.4. The fourth-order valence-electron chi connectivity index (χ4n) is 4.30. The Kier molecular flexibility index (Phi) is 5.90. The van der Waals surface area contributed by atoms with Gasteiger partial charge >= 0.3 is 6.09 Å². The van der Waals surface area contributed by atoms with Crippen LogP contribution in [0.1, 0.15) is 31.9 Å². The standard InChI is InChI=1S/C24H26Cl2N6O2/c1-24(2,3)34-23(33)31-11-9-30(10-12-31)22-28-14-15-13-16(19-17(25)5-4-6-18(19)26)21-27-7-8-32(21)20(15)29-22/h4-6,13-14H,7-12H2,1-3H3. The van der Waals surface area contributed by atoms with E-state index >= 15 is 0 Å². The molecular formula is C24H26Cl2N6O2. The number of amidine groups is 1. The lowest BCUT2D eigenvalue weighted by atomic mass is 9.98. The number of hydrogen-bond donors (Lipinski definition) is 0. The molecule has 5 rings (SSSR count). The van der Waals surface area contributed by atoms with Crippen molar-refractivity contribution in [1.82, 2.24) is 14.9 Å². The molecule has 3 aliphatic heterocycles. The zero-order valence-electron chi connectivity index (χ0n) is 19.4. The fourth-order valence-corrected chi connectivity index (χ4v) is 4.90. The molecule has 2 aromatic rings. The molecule has 1 aromatic heterocycles. The first-order valence-corrected chi connectivity index (χ1v) is 12.1. The summed E-state index contributed by atoms with van der Waals surface area (Å²) in [5, 5.41) is 1.16. The number of anilines is 2. The van der Waals surface area contributed by atoms with Crippen LogP contribution in [0.25, 0.3) is 11.6 Å². The number of carbonyl (C=O) groups excluding carboxylic acids is 1. The summed E-state index contributed by atoms with van der Waals surface area (Å²) in [6, 6.07) is 5.49. The molecule has 34 heavy (non-hydrogen) atoms. The molecule has 10 heteroatoms. The second-order valence-electron chi connectivity index (χ2n) is 9.42. The molecule has 0 atom stereocenters. The van der Waals surface area contributed by atoms with Gasteiger partial charge in [0.1, 0.15) is 17.3 Å². The van der Waals surface area contributed by atoms with E-state index in [1.165, 1.54) is 0 Å². The molecule has 3 aliphatic rings. The lowest BCUT2D eigenvalue weighted by Crippen LogP contribution is -2.50. The summed E-state index contributed by atoms with van der Waals surface area (Å²) in [6.07, 6.45) is 3.55. The van der Waals surface area contributed by atoms with Gasteiger partial charge in [0.15, 0.2) is 0 Å². The SMILES string of the molecule is CC(C)(C)OC(=O)N1CCN(c2ncc3c(n2)N2CCN=C2C(c2c(Cl)cccc2Cl)=C3)CC1. The summed E-state index contributed by atoms with van der Waals surface area (Å²) in [4.78, 5) is 32.6. The van der Waals surface area contributed by atoms with Gasteiger partial charge in [-0.2, -0.15) is 4.98 Å². The van der Waals surface area contributed by atoms with E-state index in [4.69, 9.17) is 37.9 Å². The minimum atomic E-state index is -0.509. The van der Waals surface area contributed by atoms with Gasteiger partial charge in [-0.25, -0.2) is 9.78 Å². The van der Waals surface area contributed by atoms with Gasteiger partial charge in [0.05, 0.1) is 16.6 Å². The van der Waals surface area contributed by atoms with Crippen molar-refractivity contribution in [2.75, 3.05) is 49.1 Å². The van der Waals surface area contributed by atoms with Crippen molar-refractivity contribution in [3.05, 3.63) is 45.6 Å². The third kappa shape index (κ3) is 4.32. The van der Waals surface area contributed by atoms with E-state index in [9.17, 15) is 4.79 Å². The average molecular weight is 501 g/mol. The number of piperazine rings is 1. The van der Waals surface area contributed by atoms with Crippen LogP contribution in [0, 0.1) is 0 Å². The quantitative estimate of drug-likeness (QED) is 0.599. The number of rotatable bonds is 2. The molecular weight excluding hydrogens is 475 g/mol. The molecule has 0 radical (unpaired) electrons. The molecule has 1 fully saturated rings.